The smallest absolute Gasteiger partial charge is 0.237 e. The third-order valence-electron chi connectivity index (χ3n) is 3.59. The van der Waals surface area contributed by atoms with Gasteiger partial charge in [0.1, 0.15) is 0 Å². The topological polar surface area (TPSA) is 64.4 Å². The van der Waals surface area contributed by atoms with E-state index in [0.717, 1.165) is 6.42 Å². The van der Waals surface area contributed by atoms with Crippen molar-refractivity contribution in [3.05, 3.63) is 29.6 Å². The van der Waals surface area contributed by atoms with Crippen LogP contribution in [0.25, 0.3) is 0 Å². The Morgan fingerprint density at radius 1 is 1.50 bits per heavy atom. The van der Waals surface area contributed by atoms with Gasteiger partial charge in [0.15, 0.2) is 11.6 Å². The van der Waals surface area contributed by atoms with E-state index in [1.807, 2.05) is 13.8 Å². The summed E-state index contributed by atoms with van der Waals surface area (Å²) in [4.78, 5) is 12.1. The Labute approximate surface area is 118 Å². The lowest BCUT2D eigenvalue weighted by atomic mass is 9.99. The third kappa shape index (κ3) is 3.10. The standard InChI is InChI=1S/C15H21FN2O2/c1-9(2)13(17)15(19)18-12-7-4-8-20-14-10(12)5-3-6-11(14)16/h3,5-6,9,12-13H,4,7-8,17H2,1-2H3,(H,18,19)/t12?,13-/m0/s1. The van der Waals surface area contributed by atoms with Crippen molar-refractivity contribution in [3.63, 3.8) is 0 Å². The number of amides is 1. The van der Waals surface area contributed by atoms with Gasteiger partial charge < -0.3 is 15.8 Å². The van der Waals surface area contributed by atoms with Gasteiger partial charge in [-0.05, 0) is 24.8 Å². The number of hydrogen-bond donors (Lipinski definition) is 2. The molecule has 110 valence electrons. The largest absolute Gasteiger partial charge is 0.490 e. The summed E-state index contributed by atoms with van der Waals surface area (Å²) in [6, 6.07) is 3.97. The van der Waals surface area contributed by atoms with Crippen LogP contribution < -0.4 is 15.8 Å². The molecule has 1 aliphatic heterocycles. The van der Waals surface area contributed by atoms with E-state index in [0.29, 0.717) is 18.6 Å². The lowest BCUT2D eigenvalue weighted by Crippen LogP contribution is -2.45. The highest BCUT2D eigenvalue weighted by atomic mass is 19.1. The van der Waals surface area contributed by atoms with Crippen molar-refractivity contribution in [2.45, 2.75) is 38.8 Å². The van der Waals surface area contributed by atoms with E-state index in [1.165, 1.54) is 6.07 Å². The number of benzene rings is 1. The molecule has 2 rings (SSSR count). The fraction of sp³-hybridized carbons (Fsp3) is 0.533. The van der Waals surface area contributed by atoms with Crippen LogP contribution >= 0.6 is 0 Å². The van der Waals surface area contributed by atoms with Gasteiger partial charge in [-0.15, -0.1) is 0 Å². The molecule has 1 unspecified atom stereocenters. The molecule has 0 aliphatic carbocycles. The second-order valence-corrected chi connectivity index (χ2v) is 5.48. The predicted octanol–water partition coefficient (Wildman–Crippen LogP) is 2.14. The van der Waals surface area contributed by atoms with Crippen LogP contribution in [0.5, 0.6) is 5.75 Å². The molecule has 0 fully saturated rings. The molecule has 4 nitrogen and oxygen atoms in total. The molecule has 0 bridgehead atoms. The number of carbonyl (C=O) groups is 1. The summed E-state index contributed by atoms with van der Waals surface area (Å²) >= 11 is 0. The highest BCUT2D eigenvalue weighted by molar-refractivity contribution is 5.82. The first-order chi connectivity index (χ1) is 9.50. The van der Waals surface area contributed by atoms with E-state index < -0.39 is 11.9 Å². The minimum absolute atomic E-state index is 0.0593. The van der Waals surface area contributed by atoms with E-state index >= 15 is 0 Å². The number of nitrogens with two attached hydrogens (primary N) is 1. The van der Waals surface area contributed by atoms with Crippen molar-refractivity contribution in [1.29, 1.82) is 0 Å². The molecule has 3 N–H and O–H groups in total. The second-order valence-electron chi connectivity index (χ2n) is 5.48. The van der Waals surface area contributed by atoms with E-state index in [-0.39, 0.29) is 23.6 Å². The second kappa shape index (κ2) is 6.22. The van der Waals surface area contributed by atoms with Gasteiger partial charge in [-0.1, -0.05) is 26.0 Å². The number of halogens is 1. The molecule has 1 aromatic carbocycles. The Kier molecular flexibility index (Phi) is 4.60. The summed E-state index contributed by atoms with van der Waals surface area (Å²) in [6.45, 7) is 4.25. The lowest BCUT2D eigenvalue weighted by molar-refractivity contribution is -0.124. The van der Waals surface area contributed by atoms with Gasteiger partial charge in [-0.2, -0.15) is 0 Å². The predicted molar refractivity (Wildman–Crippen MR) is 74.8 cm³/mol. The number of nitrogens with one attached hydrogen (secondary N) is 1. The fourth-order valence-electron chi connectivity index (χ4n) is 2.29. The van der Waals surface area contributed by atoms with E-state index in [2.05, 4.69) is 5.32 Å². The van der Waals surface area contributed by atoms with Crippen LogP contribution in [0.4, 0.5) is 4.39 Å². The Bertz CT molecular complexity index is 491. The molecule has 0 saturated heterocycles. The van der Waals surface area contributed by atoms with Gasteiger partial charge in [0, 0.05) is 5.56 Å². The van der Waals surface area contributed by atoms with Gasteiger partial charge >= 0.3 is 0 Å². The van der Waals surface area contributed by atoms with Crippen LogP contribution in [0.2, 0.25) is 0 Å². The highest BCUT2D eigenvalue weighted by Crippen LogP contribution is 2.33. The summed E-state index contributed by atoms with van der Waals surface area (Å²) in [5.74, 6) is -0.295. The Hall–Kier alpha value is -1.62. The lowest BCUT2D eigenvalue weighted by Gasteiger charge is -2.22. The molecule has 1 amide bonds. The minimum atomic E-state index is -0.559. The molecule has 5 heteroatoms. The number of fused-ring (bicyclic) bond motifs is 1. The van der Waals surface area contributed by atoms with E-state index in [1.54, 1.807) is 12.1 Å². The van der Waals surface area contributed by atoms with Crippen molar-refractivity contribution in [3.8, 4) is 5.75 Å². The molecule has 1 heterocycles. The Morgan fingerprint density at radius 2 is 2.25 bits per heavy atom. The molecule has 0 saturated carbocycles. The van der Waals surface area contributed by atoms with Crippen molar-refractivity contribution >= 4 is 5.91 Å². The number of hydrogen-bond acceptors (Lipinski definition) is 3. The van der Waals surface area contributed by atoms with Crippen LogP contribution in [-0.4, -0.2) is 18.6 Å². The summed E-state index contributed by atoms with van der Waals surface area (Å²) in [6.07, 6.45) is 1.48. The quantitative estimate of drug-likeness (QED) is 0.891. The molecule has 1 aliphatic rings. The van der Waals surface area contributed by atoms with Crippen molar-refractivity contribution in [2.75, 3.05) is 6.61 Å². The number of rotatable bonds is 3. The van der Waals surface area contributed by atoms with Crippen LogP contribution in [0.15, 0.2) is 18.2 Å². The summed E-state index contributed by atoms with van der Waals surface area (Å²) in [5.41, 5.74) is 6.54. The minimum Gasteiger partial charge on any atom is -0.490 e. The van der Waals surface area contributed by atoms with Gasteiger partial charge in [-0.3, -0.25) is 4.79 Å². The maximum absolute atomic E-state index is 13.8. The van der Waals surface area contributed by atoms with Crippen LogP contribution in [-0.2, 0) is 4.79 Å². The van der Waals surface area contributed by atoms with Crippen molar-refractivity contribution < 1.29 is 13.9 Å². The van der Waals surface area contributed by atoms with Crippen LogP contribution in [0.1, 0.15) is 38.3 Å². The normalized spacial score (nSPS) is 19.8. The SMILES string of the molecule is CC(C)[C@H](N)C(=O)NC1CCCOc2c(F)cccc21. The fourth-order valence-corrected chi connectivity index (χ4v) is 2.29. The number of carbonyl (C=O) groups excluding carboxylic acids is 1. The van der Waals surface area contributed by atoms with Gasteiger partial charge in [0.25, 0.3) is 0 Å². The average Bonchev–Trinajstić information content (AvgIpc) is 2.61. The molecule has 0 radical (unpaired) electrons. The third-order valence-corrected chi connectivity index (χ3v) is 3.59. The van der Waals surface area contributed by atoms with Crippen molar-refractivity contribution in [1.82, 2.24) is 5.32 Å². The van der Waals surface area contributed by atoms with Crippen LogP contribution in [0, 0.1) is 11.7 Å². The van der Waals surface area contributed by atoms with Crippen LogP contribution in [0.3, 0.4) is 0 Å². The van der Waals surface area contributed by atoms with E-state index in [4.69, 9.17) is 10.5 Å². The van der Waals surface area contributed by atoms with E-state index in [9.17, 15) is 9.18 Å². The highest BCUT2D eigenvalue weighted by Gasteiger charge is 2.26. The van der Waals surface area contributed by atoms with Gasteiger partial charge in [0.2, 0.25) is 5.91 Å². The molecule has 0 aromatic heterocycles. The first-order valence-corrected chi connectivity index (χ1v) is 6.98. The van der Waals surface area contributed by atoms with Gasteiger partial charge in [-0.25, -0.2) is 4.39 Å². The molecular weight excluding hydrogens is 259 g/mol. The zero-order valence-electron chi connectivity index (χ0n) is 11.9. The average molecular weight is 280 g/mol. The summed E-state index contributed by atoms with van der Waals surface area (Å²) in [7, 11) is 0. The molecule has 20 heavy (non-hydrogen) atoms. The Morgan fingerprint density at radius 3 is 2.95 bits per heavy atom. The maximum Gasteiger partial charge on any atom is 0.237 e. The molecule has 1 aromatic rings. The first kappa shape index (κ1) is 14.8. The molecule has 2 atom stereocenters. The molecule has 0 spiro atoms. The van der Waals surface area contributed by atoms with Gasteiger partial charge in [0.05, 0.1) is 18.7 Å². The monoisotopic (exact) mass is 280 g/mol. The summed E-state index contributed by atoms with van der Waals surface area (Å²) in [5, 5.41) is 2.91. The Balaban J connectivity index is 2.21. The maximum atomic E-state index is 13.8. The number of ether oxygens (including phenoxy) is 1. The first-order valence-electron chi connectivity index (χ1n) is 6.98. The van der Waals surface area contributed by atoms with Crippen molar-refractivity contribution in [2.24, 2.45) is 11.7 Å². The number of para-hydroxylation sites is 1. The zero-order valence-corrected chi connectivity index (χ0v) is 11.9. The zero-order chi connectivity index (χ0) is 14.7. The summed E-state index contributed by atoms with van der Waals surface area (Å²) < 4.78 is 19.2. The molecular formula is C15H21FN2O2.